The van der Waals surface area contributed by atoms with E-state index in [2.05, 4.69) is 0 Å². The minimum Gasteiger partial charge on any atom is -0.504 e. The Labute approximate surface area is 677 Å². The summed E-state index contributed by atoms with van der Waals surface area (Å²) in [4.78, 5) is 131. The molecule has 3 aliphatic rings. The molecule has 48 heteroatoms. The van der Waals surface area contributed by atoms with Gasteiger partial charge >= 0.3 is 53.7 Å². The zero-order valence-corrected chi connectivity index (χ0v) is 60.5. The predicted octanol–water partition coefficient (Wildman–Crippen LogP) is 2.77. The van der Waals surface area contributed by atoms with Crippen LogP contribution in [-0.4, -0.2) is 266 Å². The number of hydrogen-bond donors (Lipinski definition) is 27. The third kappa shape index (κ3) is 16.2. The summed E-state index contributed by atoms with van der Waals surface area (Å²) in [5.41, 5.74) is -13.0. The molecule has 0 saturated carbocycles. The van der Waals surface area contributed by atoms with Gasteiger partial charge in [0, 0.05) is 23.3 Å². The van der Waals surface area contributed by atoms with E-state index in [1.807, 2.05) is 0 Å². The number of rotatable bonds is 17. The number of aliphatic hydroxyl groups excluding tert-OH is 1. The molecule has 644 valence electrons. The van der Waals surface area contributed by atoms with Gasteiger partial charge in [-0.05, 0) is 78.9 Å². The summed E-state index contributed by atoms with van der Waals surface area (Å²) in [5.74, 6) is -56.4. The van der Waals surface area contributed by atoms with Crippen molar-refractivity contribution in [2.75, 3.05) is 13.2 Å². The van der Waals surface area contributed by atoms with Crippen molar-refractivity contribution in [2.45, 2.75) is 61.4 Å². The highest BCUT2D eigenvalue weighted by Gasteiger charge is 2.57. The molecule has 0 unspecified atom stereocenters. The standard InChI is InChI=1S/C75H56O48/c76-27-1-18(2-28(77)46(27)90)65(102)112-16-42-59(61(119-66(103)19-3-29(78)47(91)30(79)4-19)63(74(111)115-42)121-68(105)21-7-33(82)49(93)34(83)8-21)118-73(110)26-14-40(89)53(97)57(101)58(26)114-41-15-25-45(56(100)54(41)98)44-24(13-39(88)52(96)55(44)99)72(109)117-60-43(17-113-71(25)108)116-75(123-70(107)23-11-37(86)51(95)38(87)12-23)64(122-69(106)22-9-35(84)50(94)36(85)10-22)62(60)120-67(104)20-5-31(80)48(92)32(81)6-20/h1-15,42-43,59-64,74-101,111H,16-17H2/t42-,43-,59-,60-,61+,62+,63-,64-,74+,75+/m1/s1. The van der Waals surface area contributed by atoms with Gasteiger partial charge in [-0.25, -0.2) is 43.2 Å². The van der Waals surface area contributed by atoms with E-state index in [-0.39, 0.29) is 18.2 Å². The summed E-state index contributed by atoms with van der Waals surface area (Å²) >= 11 is 0. The third-order valence-electron chi connectivity index (χ3n) is 18.3. The Balaban J connectivity index is 0.982. The second-order valence-corrected chi connectivity index (χ2v) is 26.2. The van der Waals surface area contributed by atoms with E-state index in [9.17, 15) is 167 Å². The van der Waals surface area contributed by atoms with E-state index in [1.165, 1.54) is 0 Å². The Bertz CT molecular complexity index is 5810. The predicted molar refractivity (Wildman–Crippen MR) is 381 cm³/mol. The Kier molecular flexibility index (Phi) is 22.6. The van der Waals surface area contributed by atoms with Crippen LogP contribution in [0.5, 0.6) is 161 Å². The van der Waals surface area contributed by atoms with Crippen LogP contribution in [0.25, 0.3) is 11.1 Å². The largest absolute Gasteiger partial charge is 0.504 e. The van der Waals surface area contributed by atoms with Gasteiger partial charge in [0.2, 0.25) is 35.4 Å². The van der Waals surface area contributed by atoms with Gasteiger partial charge in [-0.1, -0.05) is 0 Å². The van der Waals surface area contributed by atoms with Crippen LogP contribution >= 0.6 is 0 Å². The third-order valence-corrected chi connectivity index (χ3v) is 18.3. The highest BCUT2D eigenvalue weighted by Crippen LogP contribution is 2.57. The zero-order valence-electron chi connectivity index (χ0n) is 60.5. The molecule has 3 aliphatic heterocycles. The molecule has 27 N–H and O–H groups in total. The first-order chi connectivity index (χ1) is 57.8. The molecular weight excluding hydrogens is 1670 g/mol. The summed E-state index contributed by atoms with van der Waals surface area (Å²) in [7, 11) is 0. The molecular formula is C75H56O48. The maximum atomic E-state index is 15.3. The molecule has 2 saturated heterocycles. The van der Waals surface area contributed by atoms with Crippen LogP contribution in [0.3, 0.4) is 0 Å². The summed E-state index contributed by atoms with van der Waals surface area (Å²) in [6.45, 7) is -3.11. The van der Waals surface area contributed by atoms with Crippen molar-refractivity contribution in [1.29, 1.82) is 0 Å². The van der Waals surface area contributed by atoms with Crippen LogP contribution in [-0.2, 0) is 52.1 Å². The molecule has 123 heavy (non-hydrogen) atoms. The number of benzene rings is 9. The Morgan fingerprint density at radius 3 is 1.07 bits per heavy atom. The first-order valence-electron chi connectivity index (χ1n) is 34.0. The molecule has 0 spiro atoms. The summed E-state index contributed by atoms with van der Waals surface area (Å²) < 4.78 is 67.5. The maximum Gasteiger partial charge on any atom is 0.342 e. The number of ether oxygens (including phenoxy) is 12. The van der Waals surface area contributed by atoms with E-state index in [4.69, 9.17) is 56.8 Å². The Morgan fingerprint density at radius 1 is 0.317 bits per heavy atom. The molecule has 9 aromatic rings. The number of aliphatic hydroxyl groups is 1. The van der Waals surface area contributed by atoms with Crippen LogP contribution in [0.4, 0.5) is 0 Å². The number of carbonyl (C=O) groups excluding carboxylic acids is 9. The number of phenolic OH excluding ortho intramolecular Hbond substituents is 26. The smallest absolute Gasteiger partial charge is 0.342 e. The lowest BCUT2D eigenvalue weighted by Crippen LogP contribution is -2.63. The van der Waals surface area contributed by atoms with Crippen molar-refractivity contribution in [2.24, 2.45) is 0 Å². The molecule has 0 aromatic heterocycles. The summed E-state index contributed by atoms with van der Waals surface area (Å²) in [6.07, 6.45) is -27.4. The molecule has 12 rings (SSSR count). The number of fused-ring (bicyclic) bond motifs is 4. The topological polar surface area (TPSA) is 811 Å². The van der Waals surface area contributed by atoms with E-state index < -0.39 is 351 Å². The molecule has 0 radical (unpaired) electrons. The lowest BCUT2D eigenvalue weighted by Gasteiger charge is -2.43. The monoisotopic (exact) mass is 1720 g/mol. The van der Waals surface area contributed by atoms with Gasteiger partial charge in [0.25, 0.3) is 0 Å². The fourth-order valence-electron chi connectivity index (χ4n) is 12.2. The van der Waals surface area contributed by atoms with Gasteiger partial charge in [0.15, 0.2) is 175 Å². The van der Waals surface area contributed by atoms with Crippen LogP contribution in [0.15, 0.2) is 91.0 Å². The summed E-state index contributed by atoms with van der Waals surface area (Å²) in [6, 6.07) is 5.85. The molecule has 10 atom stereocenters. The molecule has 9 aromatic carbocycles. The maximum absolute atomic E-state index is 15.3. The first kappa shape index (κ1) is 85.1. The SMILES string of the molecule is O=C(OC[C@H]1O[C@H](O)[C@H](OC(=O)c2cc(O)c(O)c(O)c2)[C@@H](OC(=O)c2cc(O)c(O)c(O)c2)[C@@H]1OC(=O)c1cc(O)c(O)c(O)c1Oc1cc2c(c(O)c1O)-c1c(cc(O)c(O)c1O)C(=O)O[C@H]1[C@H](OC(=O)c3cc(O)c(O)c(O)c3)[C@@H](OC(=O)c3cc(O)c(O)c(O)c3)[C@H](OC(=O)c3cc(O)c(O)c(O)c3)O[C@@H]1COC2=O)c1cc(O)c(O)c(O)c1. The van der Waals surface area contributed by atoms with Gasteiger partial charge < -0.3 is 195 Å². The van der Waals surface area contributed by atoms with Crippen molar-refractivity contribution >= 4 is 53.7 Å². The average Bonchev–Trinajstić information content (AvgIpc) is 1.72. The molecule has 0 amide bonds. The number of aromatic hydroxyl groups is 26. The van der Waals surface area contributed by atoms with Crippen LogP contribution in [0.2, 0.25) is 0 Å². The van der Waals surface area contributed by atoms with E-state index in [0.29, 0.717) is 72.8 Å². The quantitative estimate of drug-likeness (QED) is 0.0354. The van der Waals surface area contributed by atoms with Gasteiger partial charge in [-0.3, -0.25) is 0 Å². The molecule has 3 heterocycles. The van der Waals surface area contributed by atoms with Crippen molar-refractivity contribution < 1.29 is 238 Å². The fraction of sp³-hybridized carbons (Fsp3) is 0.160. The van der Waals surface area contributed by atoms with Gasteiger partial charge in [-0.15, -0.1) is 0 Å². The van der Waals surface area contributed by atoms with Gasteiger partial charge in [0.1, 0.15) is 31.0 Å². The lowest BCUT2D eigenvalue weighted by molar-refractivity contribution is -0.284. The number of hydrogen-bond acceptors (Lipinski definition) is 48. The minimum absolute atomic E-state index is 0.126. The van der Waals surface area contributed by atoms with Crippen LogP contribution < -0.4 is 4.74 Å². The zero-order chi connectivity index (χ0) is 90.0. The van der Waals surface area contributed by atoms with E-state index >= 15 is 14.4 Å². The van der Waals surface area contributed by atoms with E-state index in [0.717, 1.165) is 0 Å². The van der Waals surface area contributed by atoms with Crippen molar-refractivity contribution in [3.05, 3.63) is 141 Å². The highest BCUT2D eigenvalue weighted by molar-refractivity contribution is 6.09. The Morgan fingerprint density at radius 2 is 0.650 bits per heavy atom. The molecule has 0 bridgehead atoms. The van der Waals surface area contributed by atoms with Gasteiger partial charge in [0.05, 0.1) is 44.5 Å². The normalized spacial score (nSPS) is 19.1. The highest BCUT2D eigenvalue weighted by atomic mass is 16.8. The molecule has 0 aliphatic carbocycles. The number of phenols is 26. The van der Waals surface area contributed by atoms with Gasteiger partial charge in [-0.2, -0.15) is 0 Å². The number of carbonyl (C=O) groups is 9. The number of cyclic esters (lactones) is 1. The van der Waals surface area contributed by atoms with Crippen molar-refractivity contribution in [3.8, 4) is 172 Å². The Hall–Kier alpha value is -17.3. The second kappa shape index (κ2) is 32.6. The average molecular weight is 1730 g/mol. The summed E-state index contributed by atoms with van der Waals surface area (Å²) in [5, 5.41) is 289. The fourth-order valence-corrected chi connectivity index (χ4v) is 12.2. The molecule has 2 fully saturated rings. The minimum atomic E-state index is -2.84. The molecule has 48 nitrogen and oxygen atoms in total. The van der Waals surface area contributed by atoms with Crippen molar-refractivity contribution in [3.63, 3.8) is 0 Å². The number of esters is 9. The lowest BCUT2D eigenvalue weighted by atomic mass is 9.91. The van der Waals surface area contributed by atoms with Crippen LogP contribution in [0, 0.1) is 0 Å². The second-order valence-electron chi connectivity index (χ2n) is 26.2. The van der Waals surface area contributed by atoms with Crippen LogP contribution in [0.1, 0.15) is 93.2 Å². The van der Waals surface area contributed by atoms with Crippen molar-refractivity contribution in [1.82, 2.24) is 0 Å². The first-order valence-corrected chi connectivity index (χ1v) is 34.0. The van der Waals surface area contributed by atoms with E-state index in [1.54, 1.807) is 0 Å².